The van der Waals surface area contributed by atoms with Crippen LogP contribution in [-0.2, 0) is 9.59 Å². The van der Waals surface area contributed by atoms with Gasteiger partial charge in [-0.3, -0.25) is 9.59 Å². The maximum Gasteiger partial charge on any atom is 0.224 e. The first-order valence-corrected chi connectivity index (χ1v) is 9.92. The number of likely N-dealkylation sites (tertiary alicyclic amines) is 1. The van der Waals surface area contributed by atoms with Crippen LogP contribution >= 0.6 is 0 Å². The average Bonchev–Trinajstić information content (AvgIpc) is 2.70. The molecule has 0 saturated carbocycles. The van der Waals surface area contributed by atoms with E-state index in [9.17, 15) is 9.59 Å². The molecule has 28 heavy (non-hydrogen) atoms. The molecule has 0 bridgehead atoms. The lowest BCUT2D eigenvalue weighted by molar-refractivity contribution is -0.132. The van der Waals surface area contributed by atoms with Gasteiger partial charge in [-0.2, -0.15) is 0 Å². The third-order valence-electron chi connectivity index (χ3n) is 5.07. The molecule has 1 fully saturated rings. The third-order valence-corrected chi connectivity index (χ3v) is 5.07. The fourth-order valence-corrected chi connectivity index (χ4v) is 3.57. The quantitative estimate of drug-likeness (QED) is 0.742. The number of amides is 2. The van der Waals surface area contributed by atoms with E-state index in [1.165, 1.54) is 13.3 Å². The summed E-state index contributed by atoms with van der Waals surface area (Å²) in [6.45, 7) is 5.75. The van der Waals surface area contributed by atoms with Crippen molar-refractivity contribution in [1.82, 2.24) is 4.90 Å². The Morgan fingerprint density at radius 1 is 1.07 bits per heavy atom. The lowest BCUT2D eigenvalue weighted by Gasteiger charge is -2.31. The number of benzene rings is 2. The molecule has 2 aromatic carbocycles. The molecule has 1 unspecified atom stereocenters. The monoisotopic (exact) mass is 380 g/mol. The molecule has 1 aliphatic heterocycles. The molecule has 2 amide bonds. The zero-order chi connectivity index (χ0) is 19.9. The molecule has 5 heteroatoms. The number of carbonyl (C=O) groups is 2. The zero-order valence-electron chi connectivity index (χ0n) is 16.6. The minimum absolute atomic E-state index is 0.0726. The van der Waals surface area contributed by atoms with Gasteiger partial charge in [-0.1, -0.05) is 25.1 Å². The molecule has 0 aromatic heterocycles. The van der Waals surface area contributed by atoms with Crippen molar-refractivity contribution in [3.8, 4) is 11.5 Å². The Bertz CT molecular complexity index is 789. The van der Waals surface area contributed by atoms with E-state index in [1.54, 1.807) is 4.90 Å². The lowest BCUT2D eigenvalue weighted by Crippen LogP contribution is -2.41. The number of hydrogen-bond donors (Lipinski definition) is 0. The van der Waals surface area contributed by atoms with Gasteiger partial charge < -0.3 is 14.5 Å². The predicted molar refractivity (Wildman–Crippen MR) is 111 cm³/mol. The van der Waals surface area contributed by atoms with E-state index in [0.29, 0.717) is 24.6 Å². The van der Waals surface area contributed by atoms with E-state index in [2.05, 4.69) is 6.92 Å². The molecule has 1 heterocycles. The number of anilines is 1. The van der Waals surface area contributed by atoms with Gasteiger partial charge in [0, 0.05) is 38.7 Å². The van der Waals surface area contributed by atoms with Crippen LogP contribution in [0.1, 0.15) is 33.1 Å². The van der Waals surface area contributed by atoms with Gasteiger partial charge in [0.25, 0.3) is 0 Å². The molecule has 0 aliphatic carbocycles. The molecular weight excluding hydrogens is 352 g/mol. The smallest absolute Gasteiger partial charge is 0.224 e. The standard InChI is InChI=1S/C23H28N2O3/c1-18-7-6-15-24(17-18)23(27)14-16-25(19(2)26)20-10-12-22(13-11-20)28-21-8-4-3-5-9-21/h3-5,8-13,18H,6-7,14-17H2,1-2H3. The van der Waals surface area contributed by atoms with Crippen LogP contribution in [0.3, 0.4) is 0 Å². The fraction of sp³-hybridized carbons (Fsp3) is 0.391. The lowest BCUT2D eigenvalue weighted by atomic mass is 10.00. The van der Waals surface area contributed by atoms with Gasteiger partial charge >= 0.3 is 0 Å². The summed E-state index contributed by atoms with van der Waals surface area (Å²) >= 11 is 0. The number of carbonyl (C=O) groups excluding carboxylic acids is 2. The predicted octanol–water partition coefficient (Wildman–Crippen LogP) is 4.48. The summed E-state index contributed by atoms with van der Waals surface area (Å²) in [5.74, 6) is 2.08. The zero-order valence-corrected chi connectivity index (χ0v) is 16.6. The van der Waals surface area contributed by atoms with E-state index in [0.717, 1.165) is 30.9 Å². The molecule has 0 N–H and O–H groups in total. The van der Waals surface area contributed by atoms with Gasteiger partial charge in [-0.05, 0) is 55.2 Å². The van der Waals surface area contributed by atoms with Crippen LogP contribution in [0.2, 0.25) is 0 Å². The molecule has 2 aromatic rings. The highest BCUT2D eigenvalue weighted by atomic mass is 16.5. The summed E-state index contributed by atoms with van der Waals surface area (Å²) in [5.41, 5.74) is 0.771. The van der Waals surface area contributed by atoms with Crippen LogP contribution in [0.5, 0.6) is 11.5 Å². The Morgan fingerprint density at radius 2 is 1.75 bits per heavy atom. The average molecular weight is 380 g/mol. The number of ether oxygens (including phenoxy) is 1. The van der Waals surface area contributed by atoms with Crippen molar-refractivity contribution < 1.29 is 14.3 Å². The van der Waals surface area contributed by atoms with Crippen LogP contribution < -0.4 is 9.64 Å². The molecule has 1 atom stereocenters. The number of hydrogen-bond acceptors (Lipinski definition) is 3. The first-order valence-electron chi connectivity index (χ1n) is 9.92. The Hall–Kier alpha value is -2.82. The van der Waals surface area contributed by atoms with Crippen molar-refractivity contribution >= 4 is 17.5 Å². The fourth-order valence-electron chi connectivity index (χ4n) is 3.57. The van der Waals surface area contributed by atoms with E-state index in [-0.39, 0.29) is 11.8 Å². The van der Waals surface area contributed by atoms with Crippen LogP contribution in [0.4, 0.5) is 5.69 Å². The van der Waals surface area contributed by atoms with E-state index < -0.39 is 0 Å². The summed E-state index contributed by atoms with van der Waals surface area (Å²) in [6.07, 6.45) is 2.58. The summed E-state index contributed by atoms with van der Waals surface area (Å²) in [7, 11) is 0. The maximum atomic E-state index is 12.5. The summed E-state index contributed by atoms with van der Waals surface area (Å²) < 4.78 is 5.80. The Labute approximate surface area is 166 Å². The van der Waals surface area contributed by atoms with Crippen molar-refractivity contribution in [2.45, 2.75) is 33.1 Å². The van der Waals surface area contributed by atoms with E-state index in [4.69, 9.17) is 4.74 Å². The van der Waals surface area contributed by atoms with Gasteiger partial charge in [0.2, 0.25) is 11.8 Å². The van der Waals surface area contributed by atoms with Crippen molar-refractivity contribution in [1.29, 1.82) is 0 Å². The Kier molecular flexibility index (Phi) is 6.69. The summed E-state index contributed by atoms with van der Waals surface area (Å²) in [5, 5.41) is 0. The van der Waals surface area contributed by atoms with Gasteiger partial charge in [0.15, 0.2) is 0 Å². The molecular formula is C23H28N2O3. The van der Waals surface area contributed by atoms with Crippen LogP contribution in [0, 0.1) is 5.92 Å². The maximum absolute atomic E-state index is 12.5. The molecule has 1 saturated heterocycles. The molecule has 5 nitrogen and oxygen atoms in total. The number of rotatable bonds is 6. The molecule has 148 valence electrons. The van der Waals surface area contributed by atoms with Crippen LogP contribution in [0.25, 0.3) is 0 Å². The van der Waals surface area contributed by atoms with Crippen molar-refractivity contribution in [2.75, 3.05) is 24.5 Å². The normalized spacial score (nSPS) is 16.5. The first-order chi connectivity index (χ1) is 13.5. The third kappa shape index (κ3) is 5.35. The number of para-hydroxylation sites is 1. The topological polar surface area (TPSA) is 49.9 Å². The number of piperidine rings is 1. The molecule has 1 aliphatic rings. The number of nitrogens with zero attached hydrogens (tertiary/aromatic N) is 2. The van der Waals surface area contributed by atoms with E-state index in [1.807, 2.05) is 59.5 Å². The molecule has 0 radical (unpaired) electrons. The molecule has 3 rings (SSSR count). The van der Waals surface area contributed by atoms with Gasteiger partial charge in [0.05, 0.1) is 0 Å². The van der Waals surface area contributed by atoms with Crippen molar-refractivity contribution in [3.63, 3.8) is 0 Å². The Morgan fingerprint density at radius 3 is 2.39 bits per heavy atom. The highest BCUT2D eigenvalue weighted by Gasteiger charge is 2.22. The highest BCUT2D eigenvalue weighted by molar-refractivity contribution is 5.92. The van der Waals surface area contributed by atoms with Crippen molar-refractivity contribution in [2.24, 2.45) is 5.92 Å². The first kappa shape index (κ1) is 19.9. The minimum atomic E-state index is -0.0726. The van der Waals surface area contributed by atoms with Crippen LogP contribution in [-0.4, -0.2) is 36.3 Å². The van der Waals surface area contributed by atoms with Crippen molar-refractivity contribution in [3.05, 3.63) is 54.6 Å². The second-order valence-corrected chi connectivity index (χ2v) is 7.42. The highest BCUT2D eigenvalue weighted by Crippen LogP contribution is 2.25. The van der Waals surface area contributed by atoms with E-state index >= 15 is 0 Å². The Balaban J connectivity index is 1.60. The van der Waals surface area contributed by atoms with Gasteiger partial charge in [0.1, 0.15) is 11.5 Å². The molecule has 0 spiro atoms. The largest absolute Gasteiger partial charge is 0.457 e. The second kappa shape index (κ2) is 9.40. The minimum Gasteiger partial charge on any atom is -0.457 e. The van der Waals surface area contributed by atoms with Gasteiger partial charge in [-0.15, -0.1) is 0 Å². The summed E-state index contributed by atoms with van der Waals surface area (Å²) in [6, 6.07) is 16.9. The SMILES string of the molecule is CC(=O)N(CCC(=O)N1CCCC(C)C1)c1ccc(Oc2ccccc2)cc1. The summed E-state index contributed by atoms with van der Waals surface area (Å²) in [4.78, 5) is 28.2. The van der Waals surface area contributed by atoms with Crippen LogP contribution in [0.15, 0.2) is 54.6 Å². The van der Waals surface area contributed by atoms with Gasteiger partial charge in [-0.25, -0.2) is 0 Å². The second-order valence-electron chi connectivity index (χ2n) is 7.42.